The van der Waals surface area contributed by atoms with Gasteiger partial charge in [-0.25, -0.2) is 0 Å². The van der Waals surface area contributed by atoms with Gasteiger partial charge in [0.05, 0.1) is 5.60 Å². The smallest absolute Gasteiger partial charge is 0.0839 e. The van der Waals surface area contributed by atoms with Gasteiger partial charge < -0.3 is 10.1 Å². The average molecular weight is 267 g/mol. The molecule has 3 atom stereocenters. The topological polar surface area (TPSA) is 21.3 Å². The van der Waals surface area contributed by atoms with E-state index in [0.29, 0.717) is 6.04 Å². The summed E-state index contributed by atoms with van der Waals surface area (Å²) in [7, 11) is 0. The third-order valence-corrected chi connectivity index (χ3v) is 5.22. The molecule has 1 N–H and O–H groups in total. The van der Waals surface area contributed by atoms with Crippen LogP contribution in [-0.2, 0) is 4.74 Å². The van der Waals surface area contributed by atoms with E-state index in [1.165, 1.54) is 51.4 Å². The Morgan fingerprint density at radius 1 is 1.21 bits per heavy atom. The molecule has 2 fully saturated rings. The zero-order chi connectivity index (χ0) is 13.7. The molecule has 2 rings (SSSR count). The Labute approximate surface area is 119 Å². The normalized spacial score (nSPS) is 33.9. The maximum atomic E-state index is 6.39. The molecule has 0 aromatic carbocycles. The van der Waals surface area contributed by atoms with Crippen LogP contribution in [0.25, 0.3) is 0 Å². The first-order valence-corrected chi connectivity index (χ1v) is 8.59. The Balaban J connectivity index is 2.11. The van der Waals surface area contributed by atoms with Crippen molar-refractivity contribution in [3.8, 4) is 0 Å². The van der Waals surface area contributed by atoms with Gasteiger partial charge >= 0.3 is 0 Å². The van der Waals surface area contributed by atoms with E-state index >= 15 is 0 Å². The third kappa shape index (κ3) is 3.52. The van der Waals surface area contributed by atoms with Crippen LogP contribution in [0.2, 0.25) is 0 Å². The Morgan fingerprint density at radius 3 is 2.53 bits per heavy atom. The van der Waals surface area contributed by atoms with Crippen molar-refractivity contribution in [3.63, 3.8) is 0 Å². The molecule has 0 aromatic heterocycles. The lowest BCUT2D eigenvalue weighted by atomic mass is 9.66. The number of rotatable bonds is 7. The largest absolute Gasteiger partial charge is 0.374 e. The van der Waals surface area contributed by atoms with Crippen LogP contribution in [0.15, 0.2) is 0 Å². The van der Waals surface area contributed by atoms with Gasteiger partial charge in [0, 0.05) is 12.6 Å². The SMILES string of the molecule is CCCNC(C1CCC1)C1(OCC)CCCC(C)C1. The highest BCUT2D eigenvalue weighted by Gasteiger charge is 2.46. The maximum Gasteiger partial charge on any atom is 0.0839 e. The van der Waals surface area contributed by atoms with Crippen LogP contribution in [0.1, 0.15) is 72.1 Å². The lowest BCUT2D eigenvalue weighted by Gasteiger charge is -2.50. The fourth-order valence-electron chi connectivity index (χ4n) is 4.19. The molecule has 2 aliphatic rings. The van der Waals surface area contributed by atoms with Crippen molar-refractivity contribution >= 4 is 0 Å². The molecule has 112 valence electrons. The van der Waals surface area contributed by atoms with Crippen LogP contribution in [-0.4, -0.2) is 24.8 Å². The van der Waals surface area contributed by atoms with Crippen LogP contribution >= 0.6 is 0 Å². The van der Waals surface area contributed by atoms with Crippen LogP contribution in [0, 0.1) is 11.8 Å². The number of hydrogen-bond donors (Lipinski definition) is 1. The number of ether oxygens (including phenoxy) is 1. The molecule has 3 unspecified atom stereocenters. The summed E-state index contributed by atoms with van der Waals surface area (Å²) in [6.07, 6.45) is 10.7. The van der Waals surface area contributed by atoms with Crippen molar-refractivity contribution in [2.75, 3.05) is 13.2 Å². The molecule has 0 aliphatic heterocycles. The highest BCUT2D eigenvalue weighted by molar-refractivity contribution is 5.01. The van der Waals surface area contributed by atoms with E-state index in [9.17, 15) is 0 Å². The molecular formula is C17H33NO. The first-order valence-electron chi connectivity index (χ1n) is 8.59. The van der Waals surface area contributed by atoms with E-state index in [2.05, 4.69) is 26.1 Å². The highest BCUT2D eigenvalue weighted by Crippen LogP contribution is 2.44. The van der Waals surface area contributed by atoms with Crippen LogP contribution in [0.4, 0.5) is 0 Å². The van der Waals surface area contributed by atoms with Gasteiger partial charge in [0.15, 0.2) is 0 Å². The van der Waals surface area contributed by atoms with Gasteiger partial charge in [-0.05, 0) is 57.4 Å². The van der Waals surface area contributed by atoms with Gasteiger partial charge in [-0.15, -0.1) is 0 Å². The molecule has 2 heteroatoms. The monoisotopic (exact) mass is 267 g/mol. The molecule has 0 bridgehead atoms. The molecule has 2 aliphatic carbocycles. The molecule has 2 nitrogen and oxygen atoms in total. The van der Waals surface area contributed by atoms with Crippen molar-refractivity contribution in [1.29, 1.82) is 0 Å². The lowest BCUT2D eigenvalue weighted by Crippen LogP contribution is -2.59. The summed E-state index contributed by atoms with van der Waals surface area (Å²) in [5.74, 6) is 1.69. The first-order chi connectivity index (χ1) is 9.22. The van der Waals surface area contributed by atoms with Gasteiger partial charge in [0.2, 0.25) is 0 Å². The Kier molecular flexibility index (Phi) is 5.70. The molecular weight excluding hydrogens is 234 g/mol. The van der Waals surface area contributed by atoms with Crippen molar-refractivity contribution in [3.05, 3.63) is 0 Å². The van der Waals surface area contributed by atoms with Crippen LogP contribution in [0.3, 0.4) is 0 Å². The molecule has 0 heterocycles. The van der Waals surface area contributed by atoms with Gasteiger partial charge in [0.1, 0.15) is 0 Å². The molecule has 19 heavy (non-hydrogen) atoms. The van der Waals surface area contributed by atoms with E-state index in [1.54, 1.807) is 0 Å². The van der Waals surface area contributed by atoms with Crippen molar-refractivity contribution < 1.29 is 4.74 Å². The van der Waals surface area contributed by atoms with Gasteiger partial charge in [-0.1, -0.05) is 33.1 Å². The fraction of sp³-hybridized carbons (Fsp3) is 1.00. The lowest BCUT2D eigenvalue weighted by molar-refractivity contribution is -0.119. The standard InChI is InChI=1S/C17H33NO/c1-4-12-18-16(15-9-6-10-15)17(19-5-2)11-7-8-14(3)13-17/h14-16,18H,4-13H2,1-3H3. The first kappa shape index (κ1) is 15.3. The Hall–Kier alpha value is -0.0800. The van der Waals surface area contributed by atoms with Crippen LogP contribution < -0.4 is 5.32 Å². The summed E-state index contributed by atoms with van der Waals surface area (Å²) < 4.78 is 6.39. The second-order valence-electron chi connectivity index (χ2n) is 6.82. The molecule has 0 radical (unpaired) electrons. The van der Waals surface area contributed by atoms with Gasteiger partial charge in [-0.2, -0.15) is 0 Å². The van der Waals surface area contributed by atoms with E-state index in [-0.39, 0.29) is 5.60 Å². The second-order valence-corrected chi connectivity index (χ2v) is 6.82. The van der Waals surface area contributed by atoms with E-state index < -0.39 is 0 Å². The van der Waals surface area contributed by atoms with Crippen molar-refractivity contribution in [2.24, 2.45) is 11.8 Å². The second kappa shape index (κ2) is 7.08. The van der Waals surface area contributed by atoms with E-state index in [0.717, 1.165) is 25.0 Å². The summed E-state index contributed by atoms with van der Waals surface area (Å²) in [6.45, 7) is 8.85. The summed E-state index contributed by atoms with van der Waals surface area (Å²) in [6, 6.07) is 0.601. The minimum atomic E-state index is 0.132. The maximum absolute atomic E-state index is 6.39. The number of nitrogens with one attached hydrogen (secondary N) is 1. The summed E-state index contributed by atoms with van der Waals surface area (Å²) in [5.41, 5.74) is 0.132. The summed E-state index contributed by atoms with van der Waals surface area (Å²) in [4.78, 5) is 0. The van der Waals surface area contributed by atoms with Crippen LogP contribution in [0.5, 0.6) is 0 Å². The predicted molar refractivity (Wildman–Crippen MR) is 81.4 cm³/mol. The Bertz CT molecular complexity index is 260. The van der Waals surface area contributed by atoms with E-state index in [4.69, 9.17) is 4.74 Å². The molecule has 0 saturated heterocycles. The predicted octanol–water partition coefficient (Wildman–Crippen LogP) is 4.14. The molecule has 2 saturated carbocycles. The van der Waals surface area contributed by atoms with Gasteiger partial charge in [-0.3, -0.25) is 0 Å². The molecule has 0 spiro atoms. The minimum absolute atomic E-state index is 0.132. The zero-order valence-corrected chi connectivity index (χ0v) is 13.2. The molecule has 0 aromatic rings. The van der Waals surface area contributed by atoms with Crippen molar-refractivity contribution in [2.45, 2.75) is 83.8 Å². The number of hydrogen-bond acceptors (Lipinski definition) is 2. The highest BCUT2D eigenvalue weighted by atomic mass is 16.5. The summed E-state index contributed by atoms with van der Waals surface area (Å²) in [5, 5.41) is 3.86. The van der Waals surface area contributed by atoms with E-state index in [1.807, 2.05) is 0 Å². The van der Waals surface area contributed by atoms with Crippen molar-refractivity contribution in [1.82, 2.24) is 5.32 Å². The minimum Gasteiger partial charge on any atom is -0.374 e. The Morgan fingerprint density at radius 2 is 2.00 bits per heavy atom. The zero-order valence-electron chi connectivity index (χ0n) is 13.2. The fourth-order valence-corrected chi connectivity index (χ4v) is 4.19. The quantitative estimate of drug-likeness (QED) is 0.748. The average Bonchev–Trinajstić information content (AvgIpc) is 2.32. The summed E-state index contributed by atoms with van der Waals surface area (Å²) >= 11 is 0. The third-order valence-electron chi connectivity index (χ3n) is 5.22. The molecule has 0 amide bonds. The van der Waals surface area contributed by atoms with Gasteiger partial charge in [0.25, 0.3) is 0 Å².